The molecule has 0 unspecified atom stereocenters. The maximum Gasteiger partial charge on any atom is 0.0594 e. The van der Waals surface area contributed by atoms with Gasteiger partial charge in [0.2, 0.25) is 0 Å². The lowest BCUT2D eigenvalue weighted by Gasteiger charge is -2.17. The molecule has 0 atom stereocenters. The number of rotatable bonds is 3. The zero-order chi connectivity index (χ0) is 10.8. The van der Waals surface area contributed by atoms with E-state index >= 15 is 0 Å². The van der Waals surface area contributed by atoms with Crippen LogP contribution in [0.3, 0.4) is 0 Å². The van der Waals surface area contributed by atoms with Crippen molar-refractivity contribution >= 4 is 23.2 Å². The normalized spacial score (nSPS) is 11.8. The van der Waals surface area contributed by atoms with Crippen molar-refractivity contribution in [3.8, 4) is 0 Å². The van der Waals surface area contributed by atoms with Gasteiger partial charge in [0.25, 0.3) is 0 Å². The van der Waals surface area contributed by atoms with Crippen LogP contribution in [0.4, 0.5) is 0 Å². The molecule has 3 heteroatoms. The second kappa shape index (κ2) is 4.52. The average Bonchev–Trinajstić information content (AvgIpc) is 2.00. The van der Waals surface area contributed by atoms with E-state index in [1.165, 1.54) is 0 Å². The monoisotopic (exact) mass is 232 g/mol. The van der Waals surface area contributed by atoms with Crippen molar-refractivity contribution in [3.63, 3.8) is 0 Å². The van der Waals surface area contributed by atoms with E-state index in [-0.39, 0.29) is 0 Å². The highest BCUT2D eigenvalue weighted by atomic mass is 35.5. The van der Waals surface area contributed by atoms with E-state index in [9.17, 15) is 5.11 Å². The minimum absolute atomic E-state index is 0.641. The minimum Gasteiger partial charge on any atom is -0.390 e. The second-order valence-corrected chi connectivity index (χ2v) is 4.89. The Kier molecular flexibility index (Phi) is 3.82. The predicted octanol–water partition coefficient (Wildman–Crippen LogP) is 3.70. The van der Waals surface area contributed by atoms with E-state index in [1.54, 1.807) is 19.9 Å². The second-order valence-electron chi connectivity index (χ2n) is 4.05. The molecule has 0 saturated heterocycles. The first-order valence-electron chi connectivity index (χ1n) is 4.55. The summed E-state index contributed by atoms with van der Waals surface area (Å²) >= 11 is 11.8. The maximum absolute atomic E-state index is 9.56. The van der Waals surface area contributed by atoms with Gasteiger partial charge in [0.1, 0.15) is 0 Å². The highest BCUT2D eigenvalue weighted by Crippen LogP contribution is 2.23. The summed E-state index contributed by atoms with van der Waals surface area (Å²) in [4.78, 5) is 0. The van der Waals surface area contributed by atoms with Crippen LogP contribution < -0.4 is 0 Å². The molecule has 0 aliphatic rings. The first kappa shape index (κ1) is 11.8. The van der Waals surface area contributed by atoms with Crippen LogP contribution >= 0.6 is 23.2 Å². The van der Waals surface area contributed by atoms with Gasteiger partial charge in [-0.2, -0.15) is 0 Å². The maximum atomic E-state index is 9.56. The van der Waals surface area contributed by atoms with Gasteiger partial charge in [-0.05, 0) is 44.4 Å². The largest absolute Gasteiger partial charge is 0.390 e. The number of aryl methyl sites for hydroxylation is 1. The Labute approximate surface area is 94.7 Å². The number of aliphatic hydroxyl groups is 1. The third kappa shape index (κ3) is 3.87. The molecule has 0 amide bonds. The molecule has 0 spiro atoms. The summed E-state index contributed by atoms with van der Waals surface area (Å²) in [7, 11) is 0. The van der Waals surface area contributed by atoms with Gasteiger partial charge in [0, 0.05) is 10.0 Å². The summed E-state index contributed by atoms with van der Waals surface area (Å²) in [5, 5.41) is 10.9. The Balaban J connectivity index is 2.68. The Bertz CT molecular complexity index is 316. The molecule has 0 radical (unpaired) electrons. The van der Waals surface area contributed by atoms with Gasteiger partial charge in [-0.15, -0.1) is 0 Å². The summed E-state index contributed by atoms with van der Waals surface area (Å²) in [6.45, 7) is 3.58. The molecule has 0 fully saturated rings. The molecule has 1 nitrogen and oxygen atoms in total. The topological polar surface area (TPSA) is 20.2 Å². The van der Waals surface area contributed by atoms with Gasteiger partial charge >= 0.3 is 0 Å². The molecular weight excluding hydrogens is 219 g/mol. The third-order valence-corrected chi connectivity index (χ3v) is 2.61. The van der Waals surface area contributed by atoms with E-state index in [0.717, 1.165) is 12.0 Å². The van der Waals surface area contributed by atoms with Crippen molar-refractivity contribution in [2.45, 2.75) is 32.3 Å². The lowest BCUT2D eigenvalue weighted by atomic mass is 9.99. The zero-order valence-electron chi connectivity index (χ0n) is 8.35. The molecule has 1 N–H and O–H groups in total. The van der Waals surface area contributed by atoms with Crippen LogP contribution in [-0.2, 0) is 6.42 Å². The summed E-state index contributed by atoms with van der Waals surface area (Å²) in [5.41, 5.74) is 0.376. The fourth-order valence-corrected chi connectivity index (χ4v) is 1.67. The van der Waals surface area contributed by atoms with Gasteiger partial charge in [0.15, 0.2) is 0 Å². The summed E-state index contributed by atoms with van der Waals surface area (Å²) in [6.07, 6.45) is 1.45. The number of benzene rings is 1. The van der Waals surface area contributed by atoms with E-state index in [1.807, 2.05) is 12.1 Å². The van der Waals surface area contributed by atoms with Crippen LogP contribution in [0.15, 0.2) is 18.2 Å². The number of hydrogen-bond acceptors (Lipinski definition) is 1. The van der Waals surface area contributed by atoms with Crippen LogP contribution in [0.2, 0.25) is 10.0 Å². The van der Waals surface area contributed by atoms with Crippen molar-refractivity contribution in [2.75, 3.05) is 0 Å². The Hall–Kier alpha value is -0.240. The molecule has 0 bridgehead atoms. The van der Waals surface area contributed by atoms with Crippen LogP contribution in [0.25, 0.3) is 0 Å². The van der Waals surface area contributed by atoms with Crippen molar-refractivity contribution in [1.82, 2.24) is 0 Å². The van der Waals surface area contributed by atoms with Gasteiger partial charge in [-0.25, -0.2) is 0 Å². The molecule has 0 aliphatic heterocycles. The van der Waals surface area contributed by atoms with Crippen molar-refractivity contribution in [3.05, 3.63) is 33.8 Å². The van der Waals surface area contributed by atoms with Crippen LogP contribution in [0, 0.1) is 0 Å². The Morgan fingerprint density at radius 3 is 2.43 bits per heavy atom. The number of halogens is 2. The first-order chi connectivity index (χ1) is 6.38. The molecular formula is C11H14Cl2O. The van der Waals surface area contributed by atoms with E-state index < -0.39 is 5.60 Å². The summed E-state index contributed by atoms with van der Waals surface area (Å²) in [6, 6.07) is 5.44. The van der Waals surface area contributed by atoms with Crippen LogP contribution in [0.5, 0.6) is 0 Å². The first-order valence-corrected chi connectivity index (χ1v) is 5.30. The fraction of sp³-hybridized carbons (Fsp3) is 0.455. The molecule has 1 rings (SSSR count). The predicted molar refractivity (Wildman–Crippen MR) is 61.1 cm³/mol. The van der Waals surface area contributed by atoms with E-state index in [4.69, 9.17) is 23.2 Å². The Morgan fingerprint density at radius 1 is 1.29 bits per heavy atom. The molecule has 1 aromatic rings. The van der Waals surface area contributed by atoms with Crippen molar-refractivity contribution in [1.29, 1.82) is 0 Å². The molecule has 0 aliphatic carbocycles. The Morgan fingerprint density at radius 2 is 1.93 bits per heavy atom. The van der Waals surface area contributed by atoms with Crippen molar-refractivity contribution in [2.24, 2.45) is 0 Å². The lowest BCUT2D eigenvalue weighted by Crippen LogP contribution is -2.19. The van der Waals surface area contributed by atoms with Gasteiger partial charge < -0.3 is 5.11 Å². The molecule has 0 aromatic heterocycles. The average molecular weight is 233 g/mol. The highest BCUT2D eigenvalue weighted by molar-refractivity contribution is 6.35. The fourth-order valence-electron chi connectivity index (χ4n) is 1.17. The van der Waals surface area contributed by atoms with Crippen LogP contribution in [0.1, 0.15) is 25.8 Å². The SMILES string of the molecule is CC(C)(O)CCc1ccc(Cl)cc1Cl. The molecule has 1 aromatic carbocycles. The molecule has 78 valence electrons. The van der Waals surface area contributed by atoms with Crippen molar-refractivity contribution < 1.29 is 5.11 Å². The zero-order valence-corrected chi connectivity index (χ0v) is 9.86. The van der Waals surface area contributed by atoms with E-state index in [2.05, 4.69) is 0 Å². The third-order valence-electron chi connectivity index (χ3n) is 2.02. The molecule has 0 saturated carbocycles. The van der Waals surface area contributed by atoms with E-state index in [0.29, 0.717) is 16.5 Å². The standard InChI is InChI=1S/C11H14Cl2O/c1-11(2,14)6-5-8-3-4-9(12)7-10(8)13/h3-4,7,14H,5-6H2,1-2H3. The van der Waals surface area contributed by atoms with Gasteiger partial charge in [0.05, 0.1) is 5.60 Å². The van der Waals surface area contributed by atoms with Gasteiger partial charge in [-0.3, -0.25) is 0 Å². The highest BCUT2D eigenvalue weighted by Gasteiger charge is 2.13. The van der Waals surface area contributed by atoms with Gasteiger partial charge in [-0.1, -0.05) is 29.3 Å². The summed E-state index contributed by atoms with van der Waals surface area (Å²) in [5.74, 6) is 0. The molecule has 0 heterocycles. The number of hydrogen-bond donors (Lipinski definition) is 1. The summed E-state index contributed by atoms with van der Waals surface area (Å²) < 4.78 is 0. The smallest absolute Gasteiger partial charge is 0.0594 e. The quantitative estimate of drug-likeness (QED) is 0.843. The minimum atomic E-state index is -0.650. The lowest BCUT2D eigenvalue weighted by molar-refractivity contribution is 0.0714. The van der Waals surface area contributed by atoms with Crippen LogP contribution in [-0.4, -0.2) is 10.7 Å². The molecule has 14 heavy (non-hydrogen) atoms.